The molecule has 11 nitrogen and oxygen atoms in total. The summed E-state index contributed by atoms with van der Waals surface area (Å²) in [6.45, 7) is 10.2. The Hall–Kier alpha value is -3.90. The number of hydrogen-bond acceptors (Lipinski definition) is 11. The van der Waals surface area contributed by atoms with Crippen LogP contribution in [0.25, 0.3) is 32.2 Å². The number of benzene rings is 2. The third kappa shape index (κ3) is 6.37. The smallest absolute Gasteiger partial charge is 0.319 e. The molecule has 3 aliphatic rings. The summed E-state index contributed by atoms with van der Waals surface area (Å²) in [5, 5.41) is 9.92. The van der Waals surface area contributed by atoms with Gasteiger partial charge in [-0.2, -0.15) is 9.97 Å². The number of nitrogen functional groups attached to an aromatic ring is 1. The molecule has 7 rings (SSSR count). The molecule has 0 spiro atoms. The van der Waals surface area contributed by atoms with Crippen molar-refractivity contribution < 1.29 is 18.3 Å². The molecule has 0 bridgehead atoms. The summed E-state index contributed by atoms with van der Waals surface area (Å²) in [6.07, 6.45) is 6.13. The Morgan fingerprint density at radius 2 is 1.87 bits per heavy atom. The highest BCUT2D eigenvalue weighted by Gasteiger charge is 2.45. The lowest BCUT2D eigenvalue weighted by Crippen LogP contribution is -2.44. The summed E-state index contributed by atoms with van der Waals surface area (Å²) >= 11 is 7.83. The molecule has 2 aromatic carbocycles. The molecule has 4 aromatic rings. The van der Waals surface area contributed by atoms with Gasteiger partial charge in [-0.3, -0.25) is 9.69 Å². The van der Waals surface area contributed by atoms with Crippen molar-refractivity contribution in [2.45, 2.75) is 37.6 Å². The first kappa shape index (κ1) is 33.0. The molecular formula is C32H36ClF2N9O2S. The first-order chi connectivity index (χ1) is 22.9. The number of nitrogens with zero attached hydrogens (tertiary/aromatic N) is 7. The summed E-state index contributed by atoms with van der Waals surface area (Å²) < 4.78 is 38.1. The van der Waals surface area contributed by atoms with Crippen LogP contribution >= 0.6 is 22.9 Å². The van der Waals surface area contributed by atoms with Crippen molar-refractivity contribution in [3.8, 4) is 23.7 Å². The standard InChI is InChI=1S/C31H35ClF2N8O2S.CHN/c32-21-16-20-25(24(34)23(21)19-4-5-22(33)27-26(19)37-29(35)45-27)38-30(44-17-31-6-1-11-42(31)12-2-7-31)39-28(20)41(13-8-36-18-43)15-14-40-9-3-10-40;1-2/h4-5,16,18H,1-3,6-15,17H2,(H2,35,37)(H,36,43);1H. The molecule has 3 aliphatic heterocycles. The molecule has 47 heavy (non-hydrogen) atoms. The Morgan fingerprint density at radius 3 is 2.57 bits per heavy atom. The molecule has 0 unspecified atom stereocenters. The van der Waals surface area contributed by atoms with E-state index in [2.05, 4.69) is 31.7 Å². The van der Waals surface area contributed by atoms with Crippen LogP contribution in [0.2, 0.25) is 5.02 Å². The minimum Gasteiger partial charge on any atom is -0.461 e. The van der Waals surface area contributed by atoms with Gasteiger partial charge in [0.15, 0.2) is 10.9 Å². The fourth-order valence-electron chi connectivity index (χ4n) is 7.02. The molecule has 248 valence electrons. The Labute approximate surface area is 280 Å². The molecule has 15 heteroatoms. The number of nitrogens with two attached hydrogens (primary N) is 1. The average Bonchev–Trinajstić information content (AvgIpc) is 3.75. The van der Waals surface area contributed by atoms with Crippen LogP contribution < -0.4 is 20.7 Å². The lowest BCUT2D eigenvalue weighted by atomic mass is 9.95. The monoisotopic (exact) mass is 683 g/mol. The third-order valence-corrected chi connectivity index (χ3v) is 10.6. The highest BCUT2D eigenvalue weighted by Crippen LogP contribution is 2.43. The van der Waals surface area contributed by atoms with E-state index in [0.717, 1.165) is 76.2 Å². The van der Waals surface area contributed by atoms with Gasteiger partial charge in [-0.05, 0) is 76.5 Å². The van der Waals surface area contributed by atoms with E-state index in [4.69, 9.17) is 32.3 Å². The quantitative estimate of drug-likeness (QED) is 0.158. The minimum atomic E-state index is -0.680. The first-order valence-corrected chi connectivity index (χ1v) is 16.9. The summed E-state index contributed by atoms with van der Waals surface area (Å²) in [4.78, 5) is 31.7. The van der Waals surface area contributed by atoms with Gasteiger partial charge in [-0.1, -0.05) is 22.9 Å². The molecule has 1 amide bonds. The van der Waals surface area contributed by atoms with Crippen molar-refractivity contribution in [1.29, 1.82) is 5.26 Å². The number of carbonyl (C=O) groups excluding carboxylic acids is 1. The number of likely N-dealkylation sites (tertiary alicyclic amines) is 1. The van der Waals surface area contributed by atoms with Gasteiger partial charge < -0.3 is 25.6 Å². The molecule has 3 saturated heterocycles. The number of ether oxygens (including phenoxy) is 1. The van der Waals surface area contributed by atoms with Crippen molar-refractivity contribution in [3.05, 3.63) is 34.9 Å². The second-order valence-electron chi connectivity index (χ2n) is 12.1. The van der Waals surface area contributed by atoms with Gasteiger partial charge in [0.1, 0.15) is 23.8 Å². The van der Waals surface area contributed by atoms with Crippen LogP contribution in [-0.4, -0.2) is 95.7 Å². The summed E-state index contributed by atoms with van der Waals surface area (Å²) in [5.74, 6) is -0.694. The van der Waals surface area contributed by atoms with Crippen LogP contribution in [0.1, 0.15) is 32.1 Å². The fraction of sp³-hybridized carbons (Fsp3) is 0.469. The van der Waals surface area contributed by atoms with Crippen LogP contribution in [0.5, 0.6) is 6.01 Å². The van der Waals surface area contributed by atoms with Crippen molar-refractivity contribution in [1.82, 2.24) is 30.1 Å². The Morgan fingerprint density at radius 1 is 1.11 bits per heavy atom. The number of hydrogen-bond donors (Lipinski definition) is 2. The Balaban J connectivity index is 0.00000190. The lowest BCUT2D eigenvalue weighted by molar-refractivity contribution is -0.109. The van der Waals surface area contributed by atoms with Gasteiger partial charge in [-0.15, -0.1) is 0 Å². The molecule has 0 atom stereocenters. The van der Waals surface area contributed by atoms with Gasteiger partial charge in [0.25, 0.3) is 0 Å². The summed E-state index contributed by atoms with van der Waals surface area (Å²) in [6, 6.07) is 4.46. The summed E-state index contributed by atoms with van der Waals surface area (Å²) in [5.41, 5.74) is 6.52. The molecule has 3 fully saturated rings. The van der Waals surface area contributed by atoms with Crippen LogP contribution in [-0.2, 0) is 4.79 Å². The maximum absolute atomic E-state index is 16.8. The van der Waals surface area contributed by atoms with E-state index in [-0.39, 0.29) is 43.0 Å². The SMILES string of the molecule is C#N.Nc1nc2c(-c3c(Cl)cc4c(N(CCNC=O)CCN5CCC5)nc(OCC56CCCN5CCC6)nc4c3F)ccc(F)c2s1. The second-order valence-corrected chi connectivity index (χ2v) is 13.5. The largest absolute Gasteiger partial charge is 0.461 e. The second kappa shape index (κ2) is 14.1. The molecule has 3 N–H and O–H groups in total. The van der Waals surface area contributed by atoms with Gasteiger partial charge in [0, 0.05) is 49.3 Å². The molecule has 5 heterocycles. The van der Waals surface area contributed by atoms with E-state index in [1.807, 2.05) is 4.90 Å². The maximum atomic E-state index is 16.8. The van der Waals surface area contributed by atoms with Crippen molar-refractivity contribution in [3.63, 3.8) is 0 Å². The molecule has 0 radical (unpaired) electrons. The highest BCUT2D eigenvalue weighted by atomic mass is 35.5. The fourth-order valence-corrected chi connectivity index (χ4v) is 8.07. The zero-order valence-electron chi connectivity index (χ0n) is 25.9. The first-order valence-electron chi connectivity index (χ1n) is 15.7. The molecular weight excluding hydrogens is 648 g/mol. The number of rotatable bonds is 12. The lowest BCUT2D eigenvalue weighted by Gasteiger charge is -2.34. The number of amides is 1. The van der Waals surface area contributed by atoms with Gasteiger partial charge in [-0.25, -0.2) is 19.0 Å². The Bertz CT molecular complexity index is 1790. The third-order valence-electron chi connectivity index (χ3n) is 9.45. The van der Waals surface area contributed by atoms with E-state index in [1.165, 1.54) is 12.1 Å². The number of nitriles is 1. The normalized spacial score (nSPS) is 17.2. The predicted molar refractivity (Wildman–Crippen MR) is 180 cm³/mol. The number of nitrogens with one attached hydrogen (secondary N) is 1. The van der Waals surface area contributed by atoms with E-state index in [0.29, 0.717) is 49.4 Å². The Kier molecular flexibility index (Phi) is 9.88. The maximum Gasteiger partial charge on any atom is 0.319 e. The minimum absolute atomic E-state index is 0.0413. The van der Waals surface area contributed by atoms with Crippen LogP contribution in [0.4, 0.5) is 19.7 Å². The molecule has 0 aliphatic carbocycles. The van der Waals surface area contributed by atoms with Crippen molar-refractivity contribution in [2.75, 3.05) is 69.6 Å². The zero-order valence-corrected chi connectivity index (χ0v) is 27.4. The number of aromatic nitrogens is 3. The van der Waals surface area contributed by atoms with Crippen LogP contribution in [0, 0.1) is 23.5 Å². The van der Waals surface area contributed by atoms with Crippen LogP contribution in [0.3, 0.4) is 0 Å². The number of carbonyl (C=O) groups is 1. The number of thiazole rings is 1. The average molecular weight is 684 g/mol. The predicted octanol–water partition coefficient (Wildman–Crippen LogP) is 4.83. The van der Waals surface area contributed by atoms with E-state index in [9.17, 15) is 9.18 Å². The highest BCUT2D eigenvalue weighted by molar-refractivity contribution is 7.22. The van der Waals surface area contributed by atoms with Gasteiger partial charge >= 0.3 is 6.01 Å². The number of anilines is 2. The molecule has 0 saturated carbocycles. The number of fused-ring (bicyclic) bond motifs is 3. The molecule has 2 aromatic heterocycles. The van der Waals surface area contributed by atoms with Crippen LogP contribution in [0.15, 0.2) is 18.2 Å². The van der Waals surface area contributed by atoms with E-state index < -0.39 is 11.6 Å². The van der Waals surface area contributed by atoms with Gasteiger partial charge in [0.05, 0.1) is 20.8 Å². The van der Waals surface area contributed by atoms with Gasteiger partial charge in [0.2, 0.25) is 6.41 Å². The van der Waals surface area contributed by atoms with E-state index in [1.54, 1.807) is 6.07 Å². The number of halogens is 3. The topological polar surface area (TPSA) is 137 Å². The zero-order chi connectivity index (χ0) is 33.1. The van der Waals surface area contributed by atoms with E-state index >= 15 is 4.39 Å². The summed E-state index contributed by atoms with van der Waals surface area (Å²) in [7, 11) is 0. The van der Waals surface area contributed by atoms with Crippen molar-refractivity contribution in [2.24, 2.45) is 0 Å². The van der Waals surface area contributed by atoms with Crippen molar-refractivity contribution >= 4 is 61.4 Å².